The average Bonchev–Trinajstić information content (AvgIpc) is 2.91. The molecule has 3 rings (SSSR count). The Balaban J connectivity index is 1.84. The van der Waals surface area contributed by atoms with Crippen LogP contribution in [0.4, 0.5) is 4.39 Å². The van der Waals surface area contributed by atoms with Crippen molar-refractivity contribution in [3.8, 4) is 0 Å². The van der Waals surface area contributed by atoms with E-state index in [9.17, 15) is 9.18 Å². The molecule has 1 amide bonds. The first-order valence-corrected chi connectivity index (χ1v) is 7.13. The van der Waals surface area contributed by atoms with Gasteiger partial charge in [-0.2, -0.15) is 0 Å². The lowest BCUT2D eigenvalue weighted by Crippen LogP contribution is -2.28. The Bertz CT molecular complexity index is 793. The van der Waals surface area contributed by atoms with Crippen LogP contribution in [-0.4, -0.2) is 15.9 Å². The van der Waals surface area contributed by atoms with Crippen LogP contribution in [0.15, 0.2) is 42.5 Å². The minimum Gasteiger partial charge on any atom is -0.342 e. The maximum atomic E-state index is 13.8. The summed E-state index contributed by atoms with van der Waals surface area (Å²) in [7, 11) is 0. The molecule has 6 heteroatoms. The molecule has 0 aliphatic rings. The second-order valence-electron chi connectivity index (χ2n) is 4.93. The van der Waals surface area contributed by atoms with Crippen LogP contribution in [0.3, 0.4) is 0 Å². The highest BCUT2D eigenvalue weighted by molar-refractivity contribution is 6.33. The van der Waals surface area contributed by atoms with Gasteiger partial charge in [-0.1, -0.05) is 29.8 Å². The van der Waals surface area contributed by atoms with Crippen LogP contribution in [0.1, 0.15) is 29.1 Å². The number of fused-ring (bicyclic) bond motifs is 1. The van der Waals surface area contributed by atoms with E-state index >= 15 is 0 Å². The van der Waals surface area contributed by atoms with Crippen LogP contribution in [0, 0.1) is 5.82 Å². The van der Waals surface area contributed by atoms with Crippen molar-refractivity contribution < 1.29 is 9.18 Å². The highest BCUT2D eigenvalue weighted by Crippen LogP contribution is 2.21. The molecule has 1 aromatic heterocycles. The maximum absolute atomic E-state index is 13.8. The standard InChI is InChI=1S/C16H13ClFN3O/c1-9(15-20-12-7-2-3-8-13(12)21-15)19-16(22)14-10(17)5-4-6-11(14)18/h2-9H,1H3,(H,19,22)(H,20,21). The molecular weight excluding hydrogens is 305 g/mol. The molecule has 2 N–H and O–H groups in total. The smallest absolute Gasteiger partial charge is 0.256 e. The van der Waals surface area contributed by atoms with Gasteiger partial charge in [0.25, 0.3) is 5.91 Å². The zero-order valence-electron chi connectivity index (χ0n) is 11.7. The molecule has 1 atom stereocenters. The van der Waals surface area contributed by atoms with Crippen molar-refractivity contribution in [1.82, 2.24) is 15.3 Å². The lowest BCUT2D eigenvalue weighted by atomic mass is 10.2. The van der Waals surface area contributed by atoms with E-state index in [1.54, 1.807) is 6.92 Å². The van der Waals surface area contributed by atoms with Crippen LogP contribution in [0.2, 0.25) is 5.02 Å². The van der Waals surface area contributed by atoms with Crippen molar-refractivity contribution >= 4 is 28.5 Å². The number of amides is 1. The normalized spacial score (nSPS) is 12.3. The summed E-state index contributed by atoms with van der Waals surface area (Å²) in [4.78, 5) is 19.7. The van der Waals surface area contributed by atoms with E-state index < -0.39 is 17.8 Å². The lowest BCUT2D eigenvalue weighted by molar-refractivity contribution is 0.0934. The maximum Gasteiger partial charge on any atom is 0.256 e. The van der Waals surface area contributed by atoms with Crippen LogP contribution < -0.4 is 5.32 Å². The monoisotopic (exact) mass is 317 g/mol. The SMILES string of the molecule is CC(NC(=O)c1c(F)cccc1Cl)c1nc2ccccc2[nH]1. The fourth-order valence-corrected chi connectivity index (χ4v) is 2.48. The second kappa shape index (κ2) is 5.77. The summed E-state index contributed by atoms with van der Waals surface area (Å²) in [5.74, 6) is -0.625. The fourth-order valence-electron chi connectivity index (χ4n) is 2.23. The van der Waals surface area contributed by atoms with Crippen molar-refractivity contribution in [1.29, 1.82) is 0 Å². The van der Waals surface area contributed by atoms with E-state index in [0.717, 1.165) is 11.0 Å². The molecule has 0 spiro atoms. The summed E-state index contributed by atoms with van der Waals surface area (Å²) in [6.07, 6.45) is 0. The van der Waals surface area contributed by atoms with E-state index in [4.69, 9.17) is 11.6 Å². The molecule has 3 aromatic rings. The van der Waals surface area contributed by atoms with Gasteiger partial charge in [0.1, 0.15) is 11.6 Å². The van der Waals surface area contributed by atoms with E-state index in [1.807, 2.05) is 24.3 Å². The second-order valence-corrected chi connectivity index (χ2v) is 5.34. The highest BCUT2D eigenvalue weighted by Gasteiger charge is 2.19. The quantitative estimate of drug-likeness (QED) is 0.771. The number of nitrogens with one attached hydrogen (secondary N) is 2. The first-order valence-electron chi connectivity index (χ1n) is 6.76. The zero-order chi connectivity index (χ0) is 15.7. The number of imidazole rings is 1. The van der Waals surface area contributed by atoms with Gasteiger partial charge < -0.3 is 10.3 Å². The summed E-state index contributed by atoms with van der Waals surface area (Å²) < 4.78 is 13.8. The van der Waals surface area contributed by atoms with Crippen molar-refractivity contribution in [3.63, 3.8) is 0 Å². The largest absolute Gasteiger partial charge is 0.342 e. The molecule has 4 nitrogen and oxygen atoms in total. The van der Waals surface area contributed by atoms with Gasteiger partial charge in [0, 0.05) is 0 Å². The van der Waals surface area contributed by atoms with Crippen LogP contribution in [0.5, 0.6) is 0 Å². The van der Waals surface area contributed by atoms with Gasteiger partial charge in [0.05, 0.1) is 27.7 Å². The number of benzene rings is 2. The molecule has 0 radical (unpaired) electrons. The Kier molecular flexibility index (Phi) is 3.81. The van der Waals surface area contributed by atoms with Crippen LogP contribution >= 0.6 is 11.6 Å². The number of carbonyl (C=O) groups is 1. The number of aromatic amines is 1. The van der Waals surface area contributed by atoms with E-state index in [1.165, 1.54) is 18.2 Å². The zero-order valence-corrected chi connectivity index (χ0v) is 12.5. The topological polar surface area (TPSA) is 57.8 Å². The van der Waals surface area contributed by atoms with Crippen LogP contribution in [-0.2, 0) is 0 Å². The van der Waals surface area contributed by atoms with Gasteiger partial charge in [-0.15, -0.1) is 0 Å². The average molecular weight is 318 g/mol. The Morgan fingerprint density at radius 2 is 2.05 bits per heavy atom. The Morgan fingerprint density at radius 3 is 2.77 bits per heavy atom. The number of hydrogen-bond donors (Lipinski definition) is 2. The summed E-state index contributed by atoms with van der Waals surface area (Å²) in [6, 6.07) is 11.3. The molecular formula is C16H13ClFN3O. The van der Waals surface area contributed by atoms with Crippen molar-refractivity contribution in [2.45, 2.75) is 13.0 Å². The molecule has 0 saturated heterocycles. The Labute approximate surface area is 131 Å². The number of para-hydroxylation sites is 2. The van der Waals surface area contributed by atoms with Gasteiger partial charge in [-0.3, -0.25) is 4.79 Å². The summed E-state index contributed by atoms with van der Waals surface area (Å²) in [5, 5.41) is 2.78. The van der Waals surface area contributed by atoms with E-state index in [0.29, 0.717) is 5.82 Å². The van der Waals surface area contributed by atoms with E-state index in [2.05, 4.69) is 15.3 Å². The first-order chi connectivity index (χ1) is 10.6. The number of rotatable bonds is 3. The van der Waals surface area contributed by atoms with Crippen molar-refractivity contribution in [2.24, 2.45) is 0 Å². The molecule has 0 aliphatic heterocycles. The predicted molar refractivity (Wildman–Crippen MR) is 83.4 cm³/mol. The number of halogens is 2. The number of nitrogens with zero attached hydrogens (tertiary/aromatic N) is 1. The predicted octanol–water partition coefficient (Wildman–Crippen LogP) is 3.85. The molecule has 0 saturated carbocycles. The van der Waals surface area contributed by atoms with Gasteiger partial charge in [0.15, 0.2) is 0 Å². The van der Waals surface area contributed by atoms with Gasteiger partial charge >= 0.3 is 0 Å². The highest BCUT2D eigenvalue weighted by atomic mass is 35.5. The Morgan fingerprint density at radius 1 is 1.27 bits per heavy atom. The summed E-state index contributed by atoms with van der Waals surface area (Å²) in [5.41, 5.74) is 1.53. The molecule has 0 fully saturated rings. The molecule has 1 heterocycles. The van der Waals surface area contributed by atoms with Gasteiger partial charge in [-0.05, 0) is 31.2 Å². The molecule has 2 aromatic carbocycles. The minimum absolute atomic E-state index is 0.0781. The fraction of sp³-hybridized carbons (Fsp3) is 0.125. The van der Waals surface area contributed by atoms with Crippen molar-refractivity contribution in [3.05, 3.63) is 64.7 Å². The number of carbonyl (C=O) groups excluding carboxylic acids is 1. The molecule has 0 bridgehead atoms. The van der Waals surface area contributed by atoms with E-state index in [-0.39, 0.29) is 10.6 Å². The molecule has 0 aliphatic carbocycles. The third-order valence-corrected chi connectivity index (χ3v) is 3.67. The van der Waals surface area contributed by atoms with Crippen molar-refractivity contribution in [2.75, 3.05) is 0 Å². The first kappa shape index (κ1) is 14.5. The number of hydrogen-bond acceptors (Lipinski definition) is 2. The summed E-state index contributed by atoms with van der Waals surface area (Å²) in [6.45, 7) is 1.77. The van der Waals surface area contributed by atoms with Gasteiger partial charge in [-0.25, -0.2) is 9.37 Å². The molecule has 1 unspecified atom stereocenters. The summed E-state index contributed by atoms with van der Waals surface area (Å²) >= 11 is 5.89. The van der Waals surface area contributed by atoms with Gasteiger partial charge in [0.2, 0.25) is 0 Å². The third kappa shape index (κ3) is 2.67. The number of H-pyrrole nitrogens is 1. The van der Waals surface area contributed by atoms with Crippen LogP contribution in [0.25, 0.3) is 11.0 Å². The molecule has 22 heavy (non-hydrogen) atoms. The number of aromatic nitrogens is 2. The minimum atomic E-state index is -0.651. The Hall–Kier alpha value is -2.40. The molecule has 112 valence electrons. The third-order valence-electron chi connectivity index (χ3n) is 3.36. The lowest BCUT2D eigenvalue weighted by Gasteiger charge is -2.12.